The normalized spacial score (nSPS) is 14.9. The average molecular weight is 329 g/mol. The van der Waals surface area contributed by atoms with Crippen molar-refractivity contribution in [3.8, 4) is 5.75 Å². The first kappa shape index (κ1) is 15.1. The van der Waals surface area contributed by atoms with Crippen LogP contribution in [0.5, 0.6) is 5.75 Å². The molecular formula is C14H14F3N3OS. The van der Waals surface area contributed by atoms with Crippen LogP contribution >= 0.6 is 11.5 Å². The molecule has 0 bridgehead atoms. The minimum Gasteiger partial charge on any atom is -0.405 e. The third-order valence-corrected chi connectivity index (χ3v) is 4.15. The van der Waals surface area contributed by atoms with E-state index in [-0.39, 0.29) is 12.3 Å². The van der Waals surface area contributed by atoms with Gasteiger partial charge in [0.15, 0.2) is 0 Å². The molecule has 1 heterocycles. The number of benzene rings is 1. The predicted octanol–water partition coefficient (Wildman–Crippen LogP) is 3.95. The Hall–Kier alpha value is -1.83. The Morgan fingerprint density at radius 2 is 2.05 bits per heavy atom. The van der Waals surface area contributed by atoms with Crippen molar-refractivity contribution in [2.24, 2.45) is 0 Å². The standard InChI is InChI=1S/C14H14F3N3OS/c1-20(13-18-12(19-22-13)9-6-7-9)8-10-4-2-3-5-11(10)21-14(15,16)17/h2-5,9H,6-8H2,1H3. The van der Waals surface area contributed by atoms with Crippen molar-refractivity contribution in [2.75, 3.05) is 11.9 Å². The van der Waals surface area contributed by atoms with E-state index in [1.54, 1.807) is 24.1 Å². The molecule has 1 fully saturated rings. The van der Waals surface area contributed by atoms with Crippen molar-refractivity contribution in [2.45, 2.75) is 31.7 Å². The van der Waals surface area contributed by atoms with Crippen molar-refractivity contribution in [3.05, 3.63) is 35.7 Å². The number of para-hydroxylation sites is 1. The van der Waals surface area contributed by atoms with Crippen LogP contribution in [-0.4, -0.2) is 22.8 Å². The summed E-state index contributed by atoms with van der Waals surface area (Å²) in [6, 6.07) is 6.12. The fraction of sp³-hybridized carbons (Fsp3) is 0.429. The molecule has 0 aliphatic heterocycles. The second-order valence-electron chi connectivity index (χ2n) is 5.22. The Balaban J connectivity index is 1.73. The van der Waals surface area contributed by atoms with E-state index < -0.39 is 6.36 Å². The zero-order valence-electron chi connectivity index (χ0n) is 11.8. The van der Waals surface area contributed by atoms with Crippen molar-refractivity contribution >= 4 is 16.7 Å². The van der Waals surface area contributed by atoms with E-state index in [0.717, 1.165) is 18.7 Å². The number of hydrogen-bond donors (Lipinski definition) is 0. The lowest BCUT2D eigenvalue weighted by atomic mass is 10.2. The largest absolute Gasteiger partial charge is 0.573 e. The van der Waals surface area contributed by atoms with Gasteiger partial charge in [-0.1, -0.05) is 18.2 Å². The smallest absolute Gasteiger partial charge is 0.405 e. The van der Waals surface area contributed by atoms with E-state index >= 15 is 0 Å². The fourth-order valence-electron chi connectivity index (χ4n) is 2.07. The molecule has 1 aliphatic rings. The van der Waals surface area contributed by atoms with Crippen molar-refractivity contribution in [1.82, 2.24) is 9.36 Å². The van der Waals surface area contributed by atoms with Gasteiger partial charge in [0.1, 0.15) is 11.6 Å². The monoisotopic (exact) mass is 329 g/mol. The fourth-order valence-corrected chi connectivity index (χ4v) is 2.77. The topological polar surface area (TPSA) is 38.2 Å². The number of halogens is 3. The first-order valence-corrected chi connectivity index (χ1v) is 7.58. The van der Waals surface area contributed by atoms with Crippen molar-refractivity contribution < 1.29 is 17.9 Å². The molecule has 22 heavy (non-hydrogen) atoms. The van der Waals surface area contributed by atoms with Crippen molar-refractivity contribution in [3.63, 3.8) is 0 Å². The Labute approximate surface area is 129 Å². The zero-order valence-corrected chi connectivity index (χ0v) is 12.6. The molecule has 4 nitrogen and oxygen atoms in total. The van der Waals surface area contributed by atoms with Crippen LogP contribution < -0.4 is 9.64 Å². The first-order chi connectivity index (χ1) is 10.4. The molecule has 0 radical (unpaired) electrons. The summed E-state index contributed by atoms with van der Waals surface area (Å²) in [6.45, 7) is 0.269. The Morgan fingerprint density at radius 1 is 1.32 bits per heavy atom. The van der Waals surface area contributed by atoms with Gasteiger partial charge in [0.25, 0.3) is 0 Å². The van der Waals surface area contributed by atoms with Crippen LogP contribution in [0.1, 0.15) is 30.1 Å². The van der Waals surface area contributed by atoms with E-state index in [9.17, 15) is 13.2 Å². The number of hydrogen-bond acceptors (Lipinski definition) is 5. The number of nitrogens with zero attached hydrogens (tertiary/aromatic N) is 3. The summed E-state index contributed by atoms with van der Waals surface area (Å²) in [5.74, 6) is 1.11. The minimum atomic E-state index is -4.70. The van der Waals surface area contributed by atoms with Gasteiger partial charge < -0.3 is 9.64 Å². The summed E-state index contributed by atoms with van der Waals surface area (Å²) < 4.78 is 45.6. The third-order valence-electron chi connectivity index (χ3n) is 3.31. The van der Waals surface area contributed by atoms with Gasteiger partial charge in [0.2, 0.25) is 5.13 Å². The van der Waals surface area contributed by atoms with Gasteiger partial charge in [0, 0.05) is 36.6 Å². The molecule has 118 valence electrons. The summed E-state index contributed by atoms with van der Waals surface area (Å²) in [5, 5.41) is 0.698. The molecule has 0 atom stereocenters. The number of ether oxygens (including phenoxy) is 1. The number of aromatic nitrogens is 2. The number of anilines is 1. The van der Waals surface area contributed by atoms with Crippen LogP contribution in [0.15, 0.2) is 24.3 Å². The molecule has 0 spiro atoms. The van der Waals surface area contributed by atoms with Crippen LogP contribution in [0.25, 0.3) is 0 Å². The summed E-state index contributed by atoms with van der Waals surface area (Å²) in [6.07, 6.45) is -2.47. The van der Waals surface area contributed by atoms with E-state index in [1.807, 2.05) is 0 Å². The molecule has 2 aromatic rings. The first-order valence-electron chi connectivity index (χ1n) is 6.81. The van der Waals surface area contributed by atoms with Gasteiger partial charge in [-0.3, -0.25) is 0 Å². The third kappa shape index (κ3) is 3.68. The highest BCUT2D eigenvalue weighted by molar-refractivity contribution is 7.09. The second-order valence-corrected chi connectivity index (χ2v) is 5.95. The maximum atomic E-state index is 12.4. The Morgan fingerprint density at radius 3 is 2.73 bits per heavy atom. The van der Waals surface area contributed by atoms with Crippen molar-refractivity contribution in [1.29, 1.82) is 0 Å². The molecule has 1 aromatic heterocycles. The molecular weight excluding hydrogens is 315 g/mol. The summed E-state index contributed by atoms with van der Waals surface area (Å²) in [5.41, 5.74) is 0.450. The van der Waals surface area contributed by atoms with Crippen LogP contribution in [0.2, 0.25) is 0 Å². The van der Waals surface area contributed by atoms with E-state index in [2.05, 4.69) is 14.1 Å². The minimum absolute atomic E-state index is 0.186. The van der Waals surface area contributed by atoms with E-state index in [1.165, 1.54) is 23.7 Å². The zero-order chi connectivity index (χ0) is 15.7. The van der Waals surface area contributed by atoms with Gasteiger partial charge >= 0.3 is 6.36 Å². The van der Waals surface area contributed by atoms with Crippen LogP contribution in [-0.2, 0) is 6.54 Å². The van der Waals surface area contributed by atoms with E-state index in [4.69, 9.17) is 0 Å². The van der Waals surface area contributed by atoms with Gasteiger partial charge in [0.05, 0.1) is 0 Å². The van der Waals surface area contributed by atoms with Crippen LogP contribution in [0.3, 0.4) is 0 Å². The number of alkyl halides is 3. The molecule has 0 saturated heterocycles. The molecule has 0 unspecified atom stereocenters. The molecule has 1 aliphatic carbocycles. The highest BCUT2D eigenvalue weighted by Gasteiger charge is 2.32. The Kier molecular flexibility index (Phi) is 3.94. The van der Waals surface area contributed by atoms with Gasteiger partial charge in [-0.05, 0) is 18.9 Å². The predicted molar refractivity (Wildman–Crippen MR) is 77.1 cm³/mol. The summed E-state index contributed by atoms with van der Waals surface area (Å²) in [4.78, 5) is 6.22. The lowest BCUT2D eigenvalue weighted by Crippen LogP contribution is -2.21. The van der Waals surface area contributed by atoms with Crippen LogP contribution in [0, 0.1) is 0 Å². The molecule has 0 N–H and O–H groups in total. The quantitative estimate of drug-likeness (QED) is 0.832. The summed E-state index contributed by atoms with van der Waals surface area (Å²) >= 11 is 1.27. The molecule has 0 amide bonds. The molecule has 3 rings (SSSR count). The van der Waals surface area contributed by atoms with Gasteiger partial charge in [-0.25, -0.2) is 4.98 Å². The SMILES string of the molecule is CN(Cc1ccccc1OC(F)(F)F)c1nc(C2CC2)ns1. The second kappa shape index (κ2) is 5.75. The lowest BCUT2D eigenvalue weighted by Gasteiger charge is -2.18. The highest BCUT2D eigenvalue weighted by atomic mass is 32.1. The summed E-state index contributed by atoms with van der Waals surface area (Å²) in [7, 11) is 1.78. The maximum absolute atomic E-state index is 12.4. The number of rotatable bonds is 5. The Bertz CT molecular complexity index is 655. The highest BCUT2D eigenvalue weighted by Crippen LogP contribution is 2.39. The van der Waals surface area contributed by atoms with Crippen LogP contribution in [0.4, 0.5) is 18.3 Å². The molecule has 1 aromatic carbocycles. The maximum Gasteiger partial charge on any atom is 0.573 e. The van der Waals surface area contributed by atoms with Gasteiger partial charge in [-0.15, -0.1) is 13.2 Å². The molecule has 1 saturated carbocycles. The average Bonchev–Trinajstić information content (AvgIpc) is 3.17. The van der Waals surface area contributed by atoms with Gasteiger partial charge in [-0.2, -0.15) is 4.37 Å². The van der Waals surface area contributed by atoms with E-state index in [0.29, 0.717) is 16.6 Å². The molecule has 8 heteroatoms. The lowest BCUT2D eigenvalue weighted by molar-refractivity contribution is -0.274.